The second-order valence-electron chi connectivity index (χ2n) is 7.03. The third-order valence-electron chi connectivity index (χ3n) is 5.46. The monoisotopic (exact) mass is 318 g/mol. The van der Waals surface area contributed by atoms with Crippen molar-refractivity contribution in [3.05, 3.63) is 18.5 Å². The highest BCUT2D eigenvalue weighted by Crippen LogP contribution is 2.34. The third-order valence-corrected chi connectivity index (χ3v) is 5.46. The van der Waals surface area contributed by atoms with Crippen LogP contribution in [0.5, 0.6) is 0 Å². The summed E-state index contributed by atoms with van der Waals surface area (Å²) in [5, 5.41) is 3.32. The molecule has 4 heterocycles. The Morgan fingerprint density at radius 1 is 1.22 bits per heavy atom. The molecule has 3 saturated heterocycles. The molecule has 4 atom stereocenters. The van der Waals surface area contributed by atoms with Gasteiger partial charge in [0.1, 0.15) is 0 Å². The van der Waals surface area contributed by atoms with Gasteiger partial charge < -0.3 is 19.7 Å². The van der Waals surface area contributed by atoms with Crippen molar-refractivity contribution in [2.24, 2.45) is 17.8 Å². The van der Waals surface area contributed by atoms with Crippen molar-refractivity contribution in [2.45, 2.75) is 18.9 Å². The van der Waals surface area contributed by atoms with Crippen LogP contribution < -0.4 is 5.32 Å². The number of ether oxygens (including phenoxy) is 2. The largest absolute Gasteiger partial charge is 0.381 e. The van der Waals surface area contributed by atoms with Gasteiger partial charge in [-0.1, -0.05) is 0 Å². The predicted octanol–water partition coefficient (Wildman–Crippen LogP) is 1.26. The molecule has 0 unspecified atom stereocenters. The van der Waals surface area contributed by atoms with Gasteiger partial charge in [-0.25, -0.2) is 9.97 Å². The number of nitrogens with zero attached hydrogens (tertiary/aromatic N) is 3. The summed E-state index contributed by atoms with van der Waals surface area (Å²) in [6.07, 6.45) is 6.28. The van der Waals surface area contributed by atoms with E-state index in [1.165, 1.54) is 25.9 Å². The van der Waals surface area contributed by atoms with Crippen molar-refractivity contribution < 1.29 is 9.47 Å². The Kier molecular flexibility index (Phi) is 4.73. The lowest BCUT2D eigenvalue weighted by molar-refractivity contribution is 0.0784. The number of anilines is 1. The Hall–Kier alpha value is -1.24. The van der Waals surface area contributed by atoms with Crippen molar-refractivity contribution in [2.75, 3.05) is 51.3 Å². The highest BCUT2D eigenvalue weighted by molar-refractivity contribution is 5.22. The number of hydrogen-bond donors (Lipinski definition) is 1. The topological polar surface area (TPSA) is 59.5 Å². The van der Waals surface area contributed by atoms with Gasteiger partial charge in [0.15, 0.2) is 0 Å². The highest BCUT2D eigenvalue weighted by Gasteiger charge is 2.41. The fraction of sp³-hybridized carbons (Fsp3) is 0.765. The summed E-state index contributed by atoms with van der Waals surface area (Å²) in [5.41, 5.74) is 0. The fourth-order valence-corrected chi connectivity index (χ4v) is 4.15. The SMILES string of the molecule is c1cnc(NC[C@H]2OC[C@@H]3CCN(C[C@H]4CCOC4)C[C@@H]32)nc1. The minimum absolute atomic E-state index is 0.270. The Morgan fingerprint density at radius 2 is 2.13 bits per heavy atom. The number of rotatable bonds is 5. The Labute approximate surface area is 137 Å². The molecule has 3 aliphatic heterocycles. The molecule has 0 saturated carbocycles. The minimum Gasteiger partial charge on any atom is -0.381 e. The lowest BCUT2D eigenvalue weighted by Crippen LogP contribution is -2.45. The molecule has 4 rings (SSSR count). The minimum atomic E-state index is 0.270. The molecule has 6 heteroatoms. The smallest absolute Gasteiger partial charge is 0.222 e. The van der Waals surface area contributed by atoms with Crippen molar-refractivity contribution in [1.29, 1.82) is 0 Å². The lowest BCUT2D eigenvalue weighted by atomic mass is 9.84. The zero-order valence-corrected chi connectivity index (χ0v) is 13.6. The number of hydrogen-bond acceptors (Lipinski definition) is 6. The van der Waals surface area contributed by atoms with Crippen molar-refractivity contribution in [3.8, 4) is 0 Å². The van der Waals surface area contributed by atoms with Crippen molar-refractivity contribution >= 4 is 5.95 Å². The second-order valence-corrected chi connectivity index (χ2v) is 7.03. The van der Waals surface area contributed by atoms with E-state index in [1.807, 2.05) is 6.07 Å². The van der Waals surface area contributed by atoms with Crippen LogP contribution in [0.1, 0.15) is 12.8 Å². The summed E-state index contributed by atoms with van der Waals surface area (Å²) in [4.78, 5) is 11.1. The molecule has 6 nitrogen and oxygen atoms in total. The first-order valence-corrected chi connectivity index (χ1v) is 8.81. The quantitative estimate of drug-likeness (QED) is 0.882. The molecular formula is C17H26N4O2. The van der Waals surface area contributed by atoms with Gasteiger partial charge in [-0.2, -0.15) is 0 Å². The van der Waals surface area contributed by atoms with Gasteiger partial charge >= 0.3 is 0 Å². The van der Waals surface area contributed by atoms with Crippen LogP contribution in [0.3, 0.4) is 0 Å². The van der Waals surface area contributed by atoms with E-state index >= 15 is 0 Å². The van der Waals surface area contributed by atoms with E-state index in [-0.39, 0.29) is 6.10 Å². The summed E-state index contributed by atoms with van der Waals surface area (Å²) in [5.74, 6) is 2.76. The van der Waals surface area contributed by atoms with Crippen LogP contribution in [0.15, 0.2) is 18.5 Å². The summed E-state index contributed by atoms with van der Waals surface area (Å²) in [6.45, 7) is 7.14. The van der Waals surface area contributed by atoms with Crippen LogP contribution in [0.4, 0.5) is 5.95 Å². The van der Waals surface area contributed by atoms with Crippen molar-refractivity contribution in [1.82, 2.24) is 14.9 Å². The molecule has 1 N–H and O–H groups in total. The van der Waals surface area contributed by atoms with E-state index in [0.29, 0.717) is 11.9 Å². The standard InChI is InChI=1S/C17H26N4O2/c1-4-18-17(19-5-1)20-8-16-15-10-21(6-2-14(15)12-23-16)9-13-3-7-22-11-13/h1,4-5,13-16H,2-3,6-12H2,(H,18,19,20)/t13-,14+,15+,16-/m1/s1. The highest BCUT2D eigenvalue weighted by atomic mass is 16.5. The first-order valence-electron chi connectivity index (χ1n) is 8.81. The van der Waals surface area contributed by atoms with Crippen molar-refractivity contribution in [3.63, 3.8) is 0 Å². The van der Waals surface area contributed by atoms with E-state index < -0.39 is 0 Å². The molecule has 3 aliphatic rings. The van der Waals surface area contributed by atoms with Crippen LogP contribution in [0.25, 0.3) is 0 Å². The zero-order chi connectivity index (χ0) is 15.5. The zero-order valence-electron chi connectivity index (χ0n) is 13.6. The molecule has 126 valence electrons. The molecule has 0 aliphatic carbocycles. The summed E-state index contributed by atoms with van der Waals surface area (Å²) in [6, 6.07) is 1.83. The molecule has 3 fully saturated rings. The van der Waals surface area contributed by atoms with Crippen LogP contribution in [0, 0.1) is 17.8 Å². The van der Waals surface area contributed by atoms with E-state index in [1.54, 1.807) is 12.4 Å². The van der Waals surface area contributed by atoms with E-state index in [2.05, 4.69) is 20.2 Å². The van der Waals surface area contributed by atoms with Crippen LogP contribution in [-0.2, 0) is 9.47 Å². The summed E-state index contributed by atoms with van der Waals surface area (Å²) < 4.78 is 11.6. The number of aromatic nitrogens is 2. The van der Waals surface area contributed by atoms with Crippen LogP contribution in [-0.4, -0.2) is 67.0 Å². The first-order chi connectivity index (χ1) is 11.4. The van der Waals surface area contributed by atoms with Crippen LogP contribution in [0.2, 0.25) is 0 Å². The first kappa shape index (κ1) is 15.3. The molecule has 0 radical (unpaired) electrons. The van der Waals surface area contributed by atoms with Gasteiger partial charge in [0.2, 0.25) is 5.95 Å². The fourth-order valence-electron chi connectivity index (χ4n) is 4.15. The summed E-state index contributed by atoms with van der Waals surface area (Å²) in [7, 11) is 0. The Balaban J connectivity index is 1.31. The van der Waals surface area contributed by atoms with Gasteiger partial charge in [-0.3, -0.25) is 0 Å². The van der Waals surface area contributed by atoms with Gasteiger partial charge in [-0.05, 0) is 37.3 Å². The molecular weight excluding hydrogens is 292 g/mol. The van der Waals surface area contributed by atoms with Gasteiger partial charge in [0, 0.05) is 44.6 Å². The summed E-state index contributed by atoms with van der Waals surface area (Å²) >= 11 is 0. The molecule has 23 heavy (non-hydrogen) atoms. The van der Waals surface area contributed by atoms with Crippen LogP contribution >= 0.6 is 0 Å². The van der Waals surface area contributed by atoms with E-state index in [4.69, 9.17) is 9.47 Å². The molecule has 0 aromatic carbocycles. The number of nitrogens with one attached hydrogen (secondary N) is 1. The second kappa shape index (κ2) is 7.11. The molecule has 0 bridgehead atoms. The maximum Gasteiger partial charge on any atom is 0.222 e. The van der Waals surface area contributed by atoms with E-state index in [9.17, 15) is 0 Å². The number of piperidine rings is 1. The lowest BCUT2D eigenvalue weighted by Gasteiger charge is -2.37. The predicted molar refractivity (Wildman–Crippen MR) is 87.2 cm³/mol. The van der Waals surface area contributed by atoms with E-state index in [0.717, 1.165) is 44.7 Å². The molecule has 0 amide bonds. The number of fused-ring (bicyclic) bond motifs is 1. The van der Waals surface area contributed by atoms with Gasteiger partial charge in [-0.15, -0.1) is 0 Å². The molecule has 1 aromatic heterocycles. The Bertz CT molecular complexity index is 495. The normalized spacial score (nSPS) is 34.4. The maximum absolute atomic E-state index is 6.07. The average molecular weight is 318 g/mol. The van der Waals surface area contributed by atoms with Gasteiger partial charge in [0.25, 0.3) is 0 Å². The van der Waals surface area contributed by atoms with Gasteiger partial charge in [0.05, 0.1) is 19.3 Å². The number of likely N-dealkylation sites (tertiary alicyclic amines) is 1. The Morgan fingerprint density at radius 3 is 2.96 bits per heavy atom. The molecule has 0 spiro atoms. The average Bonchev–Trinajstić information content (AvgIpc) is 3.23. The maximum atomic E-state index is 6.07. The molecule has 1 aromatic rings. The third kappa shape index (κ3) is 3.65.